The highest BCUT2D eigenvalue weighted by molar-refractivity contribution is 5.62. The number of halogens is 6. The molecule has 0 aliphatic carbocycles. The molecule has 128 valence electrons. The van der Waals surface area contributed by atoms with Gasteiger partial charge in [0.25, 0.3) is 0 Å². The van der Waals surface area contributed by atoms with Gasteiger partial charge in [-0.3, -0.25) is 0 Å². The average molecular weight is 349 g/mol. The van der Waals surface area contributed by atoms with Crippen LogP contribution in [0.25, 0.3) is 4.85 Å². The number of aromatic nitrogens is 1. The molecule has 1 aromatic heterocycles. The molecule has 1 aromatic carbocycles. The van der Waals surface area contributed by atoms with Crippen LogP contribution in [0.3, 0.4) is 0 Å². The zero-order chi connectivity index (χ0) is 18.0. The van der Waals surface area contributed by atoms with Gasteiger partial charge in [0.1, 0.15) is 12.3 Å². The number of oxazole rings is 1. The number of rotatable bonds is 4. The molecule has 0 saturated carbocycles. The Hall–Kier alpha value is -2.70. The zero-order valence-corrected chi connectivity index (χ0v) is 11.8. The van der Waals surface area contributed by atoms with E-state index in [1.165, 1.54) is 6.20 Å². The van der Waals surface area contributed by atoms with Crippen LogP contribution in [0, 0.1) is 6.57 Å². The summed E-state index contributed by atoms with van der Waals surface area (Å²) >= 11 is 0. The van der Waals surface area contributed by atoms with E-state index in [0.29, 0.717) is 11.0 Å². The quantitative estimate of drug-likeness (QED) is 0.587. The van der Waals surface area contributed by atoms with Crippen LogP contribution in [-0.2, 0) is 12.7 Å². The molecule has 4 nitrogen and oxygen atoms in total. The number of alkyl halides is 6. The minimum absolute atomic E-state index is 0.0575. The Kier molecular flexibility index (Phi) is 4.73. The minimum Gasteiger partial charge on any atom is -0.447 e. The van der Waals surface area contributed by atoms with E-state index in [1.54, 1.807) is 0 Å². The molecule has 1 heterocycles. The fourth-order valence-corrected chi connectivity index (χ4v) is 2.01. The van der Waals surface area contributed by atoms with Gasteiger partial charge in [0.2, 0.25) is 0 Å². The van der Waals surface area contributed by atoms with Crippen molar-refractivity contribution in [3.05, 3.63) is 53.5 Å². The van der Waals surface area contributed by atoms with Crippen molar-refractivity contribution in [2.75, 3.05) is 11.4 Å². The maximum absolute atomic E-state index is 13.0. The van der Waals surface area contributed by atoms with Gasteiger partial charge in [0.15, 0.2) is 12.1 Å². The molecule has 0 aliphatic heterocycles. The van der Waals surface area contributed by atoms with Crippen molar-refractivity contribution in [2.45, 2.75) is 18.9 Å². The van der Waals surface area contributed by atoms with E-state index < -0.39 is 36.7 Å². The Morgan fingerprint density at radius 2 is 1.88 bits per heavy atom. The zero-order valence-electron chi connectivity index (χ0n) is 11.8. The maximum atomic E-state index is 13.0. The Bertz CT molecular complexity index is 730. The topological polar surface area (TPSA) is 33.6 Å². The van der Waals surface area contributed by atoms with Crippen LogP contribution in [0.1, 0.15) is 11.3 Å². The molecular weight excluding hydrogens is 340 g/mol. The summed E-state index contributed by atoms with van der Waals surface area (Å²) < 4.78 is 82.0. The van der Waals surface area contributed by atoms with E-state index in [9.17, 15) is 26.3 Å². The highest BCUT2D eigenvalue weighted by Gasteiger charge is 2.36. The van der Waals surface area contributed by atoms with E-state index in [0.717, 1.165) is 18.5 Å². The molecule has 0 aliphatic rings. The first-order valence-corrected chi connectivity index (χ1v) is 6.38. The van der Waals surface area contributed by atoms with Crippen molar-refractivity contribution >= 4 is 11.4 Å². The van der Waals surface area contributed by atoms with Crippen molar-refractivity contribution in [2.24, 2.45) is 0 Å². The maximum Gasteiger partial charge on any atom is 0.407 e. The van der Waals surface area contributed by atoms with Gasteiger partial charge < -0.3 is 9.32 Å². The van der Waals surface area contributed by atoms with Crippen LogP contribution in [0.4, 0.5) is 37.7 Å². The Labute approximate surface area is 132 Å². The lowest BCUT2D eigenvalue weighted by Crippen LogP contribution is -2.33. The first kappa shape index (κ1) is 17.7. The predicted molar refractivity (Wildman–Crippen MR) is 71.3 cm³/mol. The fourth-order valence-electron chi connectivity index (χ4n) is 2.01. The van der Waals surface area contributed by atoms with Gasteiger partial charge in [-0.2, -0.15) is 26.3 Å². The monoisotopic (exact) mass is 349 g/mol. The highest BCUT2D eigenvalue weighted by Crippen LogP contribution is 2.39. The van der Waals surface area contributed by atoms with E-state index >= 15 is 0 Å². The fraction of sp³-hybridized carbons (Fsp3) is 0.286. The molecule has 0 spiro atoms. The van der Waals surface area contributed by atoms with Gasteiger partial charge in [-0.25, -0.2) is 9.83 Å². The van der Waals surface area contributed by atoms with Crippen LogP contribution >= 0.6 is 0 Å². The van der Waals surface area contributed by atoms with Crippen molar-refractivity contribution < 1.29 is 30.8 Å². The van der Waals surface area contributed by atoms with Gasteiger partial charge in [0.05, 0.1) is 24.9 Å². The Morgan fingerprint density at radius 3 is 2.38 bits per heavy atom. The molecule has 2 rings (SSSR count). The predicted octanol–water partition coefficient (Wildman–Crippen LogP) is 4.81. The molecule has 0 unspecified atom stereocenters. The van der Waals surface area contributed by atoms with Gasteiger partial charge in [-0.15, -0.1) is 0 Å². The summed E-state index contributed by atoms with van der Waals surface area (Å²) in [6.07, 6.45) is -7.32. The van der Waals surface area contributed by atoms with Crippen molar-refractivity contribution in [3.8, 4) is 0 Å². The Morgan fingerprint density at radius 1 is 1.17 bits per heavy atom. The third-order valence-corrected chi connectivity index (χ3v) is 2.97. The van der Waals surface area contributed by atoms with Crippen LogP contribution in [0.2, 0.25) is 0 Å². The molecule has 24 heavy (non-hydrogen) atoms. The lowest BCUT2D eigenvalue weighted by Gasteiger charge is -2.26. The van der Waals surface area contributed by atoms with E-state index in [-0.39, 0.29) is 11.4 Å². The molecule has 0 amide bonds. The number of hydrogen-bond donors (Lipinski definition) is 0. The average Bonchev–Trinajstić information content (AvgIpc) is 2.96. The SMILES string of the molecule is [C-]#[N+]c1ccc(N(Cc2cnco2)CC(F)(F)F)cc1C(F)(F)F. The van der Waals surface area contributed by atoms with Gasteiger partial charge in [0, 0.05) is 5.69 Å². The first-order chi connectivity index (χ1) is 11.1. The minimum atomic E-state index is -4.86. The summed E-state index contributed by atoms with van der Waals surface area (Å²) in [5, 5.41) is 0. The molecule has 10 heteroatoms. The van der Waals surface area contributed by atoms with Crippen LogP contribution < -0.4 is 4.90 Å². The van der Waals surface area contributed by atoms with Gasteiger partial charge in [-0.05, 0) is 12.1 Å². The lowest BCUT2D eigenvalue weighted by atomic mass is 10.1. The summed E-state index contributed by atoms with van der Waals surface area (Å²) in [6.45, 7) is 4.85. The molecule has 0 N–H and O–H groups in total. The first-order valence-electron chi connectivity index (χ1n) is 6.38. The molecular formula is C14H9F6N3O. The largest absolute Gasteiger partial charge is 0.447 e. The third-order valence-electron chi connectivity index (χ3n) is 2.97. The standard InChI is InChI=1S/C14H9F6N3O/c1-21-12-3-2-9(4-11(12)14(18,19)20)23(7-13(15,16)17)6-10-5-22-8-24-10/h2-5,8H,6-7H2. The number of anilines is 1. The molecule has 0 radical (unpaired) electrons. The molecule has 2 aromatic rings. The van der Waals surface area contributed by atoms with Crippen LogP contribution in [-0.4, -0.2) is 17.7 Å². The van der Waals surface area contributed by atoms with Crippen molar-refractivity contribution in [1.29, 1.82) is 0 Å². The van der Waals surface area contributed by atoms with Crippen LogP contribution in [0.5, 0.6) is 0 Å². The molecule has 0 atom stereocenters. The number of hydrogen-bond acceptors (Lipinski definition) is 3. The van der Waals surface area contributed by atoms with Crippen molar-refractivity contribution in [3.63, 3.8) is 0 Å². The summed E-state index contributed by atoms with van der Waals surface area (Å²) in [4.78, 5) is 6.97. The van der Waals surface area contributed by atoms with E-state index in [4.69, 9.17) is 11.0 Å². The number of benzene rings is 1. The normalized spacial score (nSPS) is 12.0. The molecule has 0 bridgehead atoms. The smallest absolute Gasteiger partial charge is 0.407 e. The summed E-state index contributed by atoms with van der Waals surface area (Å²) in [7, 11) is 0. The molecule has 0 saturated heterocycles. The van der Waals surface area contributed by atoms with Gasteiger partial charge >= 0.3 is 12.4 Å². The van der Waals surface area contributed by atoms with Gasteiger partial charge in [-0.1, -0.05) is 6.07 Å². The Balaban J connectivity index is 2.44. The van der Waals surface area contributed by atoms with E-state index in [1.807, 2.05) is 0 Å². The number of nitrogens with zero attached hydrogens (tertiary/aromatic N) is 3. The second-order valence-corrected chi connectivity index (χ2v) is 4.75. The second-order valence-electron chi connectivity index (χ2n) is 4.75. The van der Waals surface area contributed by atoms with Crippen molar-refractivity contribution in [1.82, 2.24) is 4.98 Å². The second kappa shape index (κ2) is 6.43. The summed E-state index contributed by atoms with van der Waals surface area (Å²) in [6, 6.07) is 2.40. The third kappa shape index (κ3) is 4.41. The summed E-state index contributed by atoms with van der Waals surface area (Å²) in [5.41, 5.74) is -2.30. The molecule has 0 fully saturated rings. The highest BCUT2D eigenvalue weighted by atomic mass is 19.4. The summed E-state index contributed by atoms with van der Waals surface area (Å²) in [5.74, 6) is 0.0575. The van der Waals surface area contributed by atoms with Crippen LogP contribution in [0.15, 0.2) is 35.2 Å². The van der Waals surface area contributed by atoms with E-state index in [2.05, 4.69) is 9.83 Å². The lowest BCUT2D eigenvalue weighted by molar-refractivity contribution is -0.136.